The summed E-state index contributed by atoms with van der Waals surface area (Å²) in [6, 6.07) is 0. The van der Waals surface area contributed by atoms with Crippen LogP contribution in [-0.2, 0) is 4.79 Å². The van der Waals surface area contributed by atoms with Crippen molar-refractivity contribution in [1.82, 2.24) is 4.90 Å². The van der Waals surface area contributed by atoms with Gasteiger partial charge in [0.15, 0.2) is 0 Å². The quantitative estimate of drug-likeness (QED) is 0.847. The van der Waals surface area contributed by atoms with Crippen molar-refractivity contribution in [2.24, 2.45) is 23.5 Å². The summed E-state index contributed by atoms with van der Waals surface area (Å²) in [5.41, 5.74) is 5.59. The third kappa shape index (κ3) is 4.49. The molecule has 1 heterocycles. The number of nitrogens with zero attached hydrogens (tertiary/aromatic N) is 1. The molecule has 1 saturated heterocycles. The average molecular weight is 329 g/mol. The molecule has 1 amide bonds. The van der Waals surface area contributed by atoms with E-state index in [9.17, 15) is 18.0 Å². The molecule has 1 saturated carbocycles. The molecule has 2 N–H and O–H groups in total. The second-order valence-corrected chi connectivity index (χ2v) is 6.04. The summed E-state index contributed by atoms with van der Waals surface area (Å²) in [4.78, 5) is 14.0. The molecule has 2 fully saturated rings. The van der Waals surface area contributed by atoms with Crippen molar-refractivity contribution >= 4 is 18.3 Å². The lowest BCUT2D eigenvalue weighted by Crippen LogP contribution is -2.47. The monoisotopic (exact) mass is 328 g/mol. The zero-order valence-electron chi connectivity index (χ0n) is 12.1. The molecule has 1 aliphatic carbocycles. The molecule has 2 atom stereocenters. The minimum absolute atomic E-state index is 0. The van der Waals surface area contributed by atoms with Gasteiger partial charge in [-0.1, -0.05) is 12.8 Å². The number of carbonyl (C=O) groups is 1. The first-order chi connectivity index (χ1) is 9.43. The number of rotatable bonds is 2. The zero-order chi connectivity index (χ0) is 14.8. The summed E-state index contributed by atoms with van der Waals surface area (Å²) in [5.74, 6) is -2.19. The maximum Gasteiger partial charge on any atom is 0.392 e. The first-order valence-corrected chi connectivity index (χ1v) is 7.49. The van der Waals surface area contributed by atoms with Crippen LogP contribution in [0.5, 0.6) is 0 Å². The van der Waals surface area contributed by atoms with Gasteiger partial charge in [0.05, 0.1) is 5.92 Å². The zero-order valence-corrected chi connectivity index (χ0v) is 12.9. The highest BCUT2D eigenvalue weighted by Crippen LogP contribution is 2.42. The number of amides is 1. The highest BCUT2D eigenvalue weighted by Gasteiger charge is 2.49. The molecule has 0 spiro atoms. The fourth-order valence-electron chi connectivity index (χ4n) is 3.44. The van der Waals surface area contributed by atoms with Gasteiger partial charge in [-0.15, -0.1) is 12.4 Å². The van der Waals surface area contributed by atoms with Crippen LogP contribution in [0.25, 0.3) is 0 Å². The van der Waals surface area contributed by atoms with Gasteiger partial charge in [0.2, 0.25) is 5.91 Å². The largest absolute Gasteiger partial charge is 0.392 e. The SMILES string of the molecule is Cl.NCC1CCN(C(=O)C2CCCCC2C(F)(F)F)CC1. The topological polar surface area (TPSA) is 46.3 Å². The lowest BCUT2D eigenvalue weighted by molar-refractivity contribution is -0.201. The molecule has 0 aromatic rings. The lowest BCUT2D eigenvalue weighted by Gasteiger charge is -2.38. The summed E-state index contributed by atoms with van der Waals surface area (Å²) in [7, 11) is 0. The van der Waals surface area contributed by atoms with Crippen molar-refractivity contribution in [3.05, 3.63) is 0 Å². The molecule has 124 valence electrons. The standard InChI is InChI=1S/C14H23F3N2O.ClH/c15-14(16,17)12-4-2-1-3-11(12)13(20)19-7-5-10(9-18)6-8-19;/h10-12H,1-9,18H2;1H. The second-order valence-electron chi connectivity index (χ2n) is 6.04. The minimum atomic E-state index is -4.25. The number of likely N-dealkylation sites (tertiary alicyclic amines) is 1. The molecule has 0 aromatic heterocycles. The maximum atomic E-state index is 13.0. The predicted molar refractivity (Wildman–Crippen MR) is 77.1 cm³/mol. The summed E-state index contributed by atoms with van der Waals surface area (Å²) in [6.07, 6.45) is -0.863. The summed E-state index contributed by atoms with van der Waals surface area (Å²) in [6.45, 7) is 1.71. The Balaban J connectivity index is 0.00000220. The Morgan fingerprint density at radius 1 is 1.10 bits per heavy atom. The van der Waals surface area contributed by atoms with Crippen molar-refractivity contribution < 1.29 is 18.0 Å². The third-order valence-electron chi connectivity index (χ3n) is 4.76. The van der Waals surface area contributed by atoms with Crippen molar-refractivity contribution in [2.75, 3.05) is 19.6 Å². The fourth-order valence-corrected chi connectivity index (χ4v) is 3.44. The number of nitrogens with two attached hydrogens (primary N) is 1. The Kier molecular flexibility index (Phi) is 6.78. The van der Waals surface area contributed by atoms with E-state index in [-0.39, 0.29) is 24.7 Å². The molecule has 7 heteroatoms. The van der Waals surface area contributed by atoms with E-state index in [2.05, 4.69) is 0 Å². The molecule has 21 heavy (non-hydrogen) atoms. The highest BCUT2D eigenvalue weighted by atomic mass is 35.5. The number of halogens is 4. The molecule has 0 bridgehead atoms. The fraction of sp³-hybridized carbons (Fsp3) is 0.929. The van der Waals surface area contributed by atoms with Crippen LogP contribution >= 0.6 is 12.4 Å². The highest BCUT2D eigenvalue weighted by molar-refractivity contribution is 5.85. The van der Waals surface area contributed by atoms with Crippen molar-refractivity contribution in [2.45, 2.75) is 44.7 Å². The molecule has 2 rings (SSSR count). The Morgan fingerprint density at radius 2 is 1.67 bits per heavy atom. The van der Waals surface area contributed by atoms with Gasteiger partial charge < -0.3 is 10.6 Å². The van der Waals surface area contributed by atoms with Gasteiger partial charge in [-0.25, -0.2) is 0 Å². The second kappa shape index (κ2) is 7.68. The summed E-state index contributed by atoms with van der Waals surface area (Å²) < 4.78 is 39.1. The predicted octanol–water partition coefficient (Wildman–Crippen LogP) is 2.97. The number of piperidine rings is 1. The van der Waals surface area contributed by atoms with E-state index in [1.165, 1.54) is 0 Å². The van der Waals surface area contributed by atoms with Crippen LogP contribution in [0.3, 0.4) is 0 Å². The van der Waals surface area contributed by atoms with E-state index in [0.717, 1.165) is 19.3 Å². The van der Waals surface area contributed by atoms with Gasteiger partial charge in [0.25, 0.3) is 0 Å². The number of hydrogen-bond acceptors (Lipinski definition) is 2. The number of carbonyl (C=O) groups excluding carboxylic acids is 1. The van der Waals surface area contributed by atoms with E-state index < -0.39 is 18.0 Å². The first kappa shape index (κ1) is 18.6. The third-order valence-corrected chi connectivity index (χ3v) is 4.76. The summed E-state index contributed by atoms with van der Waals surface area (Å²) >= 11 is 0. The van der Waals surface area contributed by atoms with Crippen LogP contribution in [0.2, 0.25) is 0 Å². The van der Waals surface area contributed by atoms with Crippen LogP contribution < -0.4 is 5.73 Å². The van der Waals surface area contributed by atoms with E-state index >= 15 is 0 Å². The van der Waals surface area contributed by atoms with Crippen LogP contribution in [-0.4, -0.2) is 36.6 Å². The van der Waals surface area contributed by atoms with Crippen LogP contribution in [0.4, 0.5) is 13.2 Å². The lowest BCUT2D eigenvalue weighted by atomic mass is 9.77. The Morgan fingerprint density at radius 3 is 2.19 bits per heavy atom. The number of hydrogen-bond donors (Lipinski definition) is 1. The molecule has 3 nitrogen and oxygen atoms in total. The molecule has 0 radical (unpaired) electrons. The molecular formula is C14H24ClF3N2O. The smallest absolute Gasteiger partial charge is 0.342 e. The van der Waals surface area contributed by atoms with Gasteiger partial charge in [-0.05, 0) is 38.1 Å². The average Bonchev–Trinajstić information content (AvgIpc) is 2.46. The van der Waals surface area contributed by atoms with Crippen LogP contribution in [0.1, 0.15) is 38.5 Å². The van der Waals surface area contributed by atoms with Crippen molar-refractivity contribution in [3.8, 4) is 0 Å². The van der Waals surface area contributed by atoms with Crippen LogP contribution in [0.15, 0.2) is 0 Å². The van der Waals surface area contributed by atoms with E-state index in [0.29, 0.717) is 38.4 Å². The van der Waals surface area contributed by atoms with Crippen LogP contribution in [0, 0.1) is 17.8 Å². The summed E-state index contributed by atoms with van der Waals surface area (Å²) in [5, 5.41) is 0. The van der Waals surface area contributed by atoms with E-state index in [4.69, 9.17) is 5.73 Å². The van der Waals surface area contributed by atoms with Gasteiger partial charge in [-0.2, -0.15) is 13.2 Å². The normalized spacial score (nSPS) is 28.1. The van der Waals surface area contributed by atoms with Gasteiger partial charge in [0.1, 0.15) is 0 Å². The molecular weight excluding hydrogens is 305 g/mol. The van der Waals surface area contributed by atoms with Gasteiger partial charge in [0, 0.05) is 19.0 Å². The first-order valence-electron chi connectivity index (χ1n) is 7.49. The van der Waals surface area contributed by atoms with E-state index in [1.54, 1.807) is 4.90 Å². The molecule has 2 aliphatic rings. The Hall–Kier alpha value is -0.490. The van der Waals surface area contributed by atoms with E-state index in [1.807, 2.05) is 0 Å². The maximum absolute atomic E-state index is 13.0. The molecule has 0 aromatic carbocycles. The van der Waals surface area contributed by atoms with Crippen molar-refractivity contribution in [3.63, 3.8) is 0 Å². The van der Waals surface area contributed by atoms with Gasteiger partial charge in [-0.3, -0.25) is 4.79 Å². The Labute approximate surface area is 129 Å². The number of alkyl halides is 3. The van der Waals surface area contributed by atoms with Gasteiger partial charge >= 0.3 is 6.18 Å². The minimum Gasteiger partial charge on any atom is -0.342 e. The molecule has 1 aliphatic heterocycles. The van der Waals surface area contributed by atoms with Crippen molar-refractivity contribution in [1.29, 1.82) is 0 Å². The Bertz CT molecular complexity index is 344. The molecule has 2 unspecified atom stereocenters.